The number of amides is 2. The Morgan fingerprint density at radius 3 is 2.79 bits per heavy atom. The average molecular weight is 258 g/mol. The van der Waals surface area contributed by atoms with E-state index in [2.05, 4.69) is 5.32 Å². The van der Waals surface area contributed by atoms with Crippen molar-refractivity contribution in [3.05, 3.63) is 35.9 Å². The molecule has 1 unspecified atom stereocenters. The van der Waals surface area contributed by atoms with E-state index < -0.39 is 0 Å². The molecule has 2 aliphatic heterocycles. The van der Waals surface area contributed by atoms with Crippen molar-refractivity contribution in [2.45, 2.75) is 19.3 Å². The second kappa shape index (κ2) is 4.68. The van der Waals surface area contributed by atoms with Crippen LogP contribution in [0.3, 0.4) is 0 Å². The lowest BCUT2D eigenvalue weighted by Crippen LogP contribution is -2.34. The summed E-state index contributed by atoms with van der Waals surface area (Å²) in [7, 11) is 0. The number of carbonyl (C=O) groups excluding carboxylic acids is 2. The third-order valence-corrected chi connectivity index (χ3v) is 4.19. The van der Waals surface area contributed by atoms with Crippen LogP contribution in [-0.4, -0.2) is 36.3 Å². The fraction of sp³-hybridized carbons (Fsp3) is 0.467. The van der Waals surface area contributed by atoms with E-state index in [1.165, 1.54) is 0 Å². The molecule has 1 N–H and O–H groups in total. The van der Waals surface area contributed by atoms with Gasteiger partial charge in [0.1, 0.15) is 0 Å². The first-order valence-electron chi connectivity index (χ1n) is 6.75. The summed E-state index contributed by atoms with van der Waals surface area (Å²) in [6, 6.07) is 9.81. The van der Waals surface area contributed by atoms with Gasteiger partial charge >= 0.3 is 0 Å². The van der Waals surface area contributed by atoms with Gasteiger partial charge in [-0.1, -0.05) is 30.3 Å². The van der Waals surface area contributed by atoms with Crippen LogP contribution < -0.4 is 5.32 Å². The first kappa shape index (κ1) is 12.2. The maximum atomic E-state index is 12.3. The van der Waals surface area contributed by atoms with Gasteiger partial charge in [-0.2, -0.15) is 0 Å². The van der Waals surface area contributed by atoms with Gasteiger partial charge in [0, 0.05) is 31.5 Å². The molecule has 2 saturated heterocycles. The molecule has 0 aromatic heterocycles. The van der Waals surface area contributed by atoms with Crippen molar-refractivity contribution in [1.29, 1.82) is 0 Å². The van der Waals surface area contributed by atoms with Gasteiger partial charge in [-0.15, -0.1) is 0 Å². The van der Waals surface area contributed by atoms with Crippen LogP contribution in [0.2, 0.25) is 0 Å². The monoisotopic (exact) mass is 258 g/mol. The first-order valence-corrected chi connectivity index (χ1v) is 6.75. The van der Waals surface area contributed by atoms with Crippen molar-refractivity contribution in [2.24, 2.45) is 5.41 Å². The van der Waals surface area contributed by atoms with Gasteiger partial charge in [0.25, 0.3) is 0 Å². The highest BCUT2D eigenvalue weighted by Crippen LogP contribution is 2.36. The molecule has 1 spiro atoms. The van der Waals surface area contributed by atoms with Crippen LogP contribution in [0.25, 0.3) is 0 Å². The Labute approximate surface area is 112 Å². The predicted molar refractivity (Wildman–Crippen MR) is 71.4 cm³/mol. The van der Waals surface area contributed by atoms with Crippen LogP contribution in [0.4, 0.5) is 0 Å². The van der Waals surface area contributed by atoms with Crippen molar-refractivity contribution in [3.8, 4) is 0 Å². The molecule has 2 aliphatic rings. The van der Waals surface area contributed by atoms with Gasteiger partial charge < -0.3 is 10.2 Å². The summed E-state index contributed by atoms with van der Waals surface area (Å²) in [5, 5.41) is 2.88. The largest absolute Gasteiger partial charge is 0.355 e. The number of nitrogens with one attached hydrogen (secondary N) is 1. The molecular formula is C15H18N2O2. The van der Waals surface area contributed by atoms with Crippen LogP contribution in [0, 0.1) is 5.41 Å². The molecule has 0 radical (unpaired) electrons. The highest BCUT2D eigenvalue weighted by Gasteiger charge is 2.44. The zero-order valence-electron chi connectivity index (χ0n) is 10.9. The second-order valence-electron chi connectivity index (χ2n) is 5.68. The lowest BCUT2D eigenvalue weighted by Gasteiger charge is -2.21. The van der Waals surface area contributed by atoms with E-state index in [0.29, 0.717) is 12.8 Å². The zero-order chi connectivity index (χ0) is 13.3. The van der Waals surface area contributed by atoms with E-state index in [-0.39, 0.29) is 17.2 Å². The Hall–Kier alpha value is -1.84. The van der Waals surface area contributed by atoms with Crippen molar-refractivity contribution in [3.63, 3.8) is 0 Å². The van der Waals surface area contributed by atoms with E-state index in [9.17, 15) is 9.59 Å². The molecule has 1 aromatic rings. The molecule has 3 rings (SSSR count). The summed E-state index contributed by atoms with van der Waals surface area (Å²) in [6.07, 6.45) is 1.96. The standard InChI is InChI=1S/C15H18N2O2/c18-13-9-15(10-16-13)6-7-17(11-15)14(19)8-12-4-2-1-3-5-12/h1-5H,6-11H2,(H,16,18). The molecule has 19 heavy (non-hydrogen) atoms. The number of benzene rings is 1. The number of hydrogen-bond donors (Lipinski definition) is 1. The Bertz CT molecular complexity index is 500. The molecule has 0 saturated carbocycles. The van der Waals surface area contributed by atoms with Crippen molar-refractivity contribution < 1.29 is 9.59 Å². The molecule has 2 heterocycles. The fourth-order valence-electron chi connectivity index (χ4n) is 3.07. The van der Waals surface area contributed by atoms with Gasteiger partial charge in [0.15, 0.2) is 0 Å². The Morgan fingerprint density at radius 1 is 1.32 bits per heavy atom. The predicted octanol–water partition coefficient (Wildman–Crippen LogP) is 0.968. The van der Waals surface area contributed by atoms with Crippen LogP contribution in [-0.2, 0) is 16.0 Å². The summed E-state index contributed by atoms with van der Waals surface area (Å²) in [6.45, 7) is 2.22. The van der Waals surface area contributed by atoms with Crippen molar-refractivity contribution in [2.75, 3.05) is 19.6 Å². The maximum absolute atomic E-state index is 12.3. The molecule has 1 atom stereocenters. The van der Waals surface area contributed by atoms with Crippen LogP contribution in [0.1, 0.15) is 18.4 Å². The quantitative estimate of drug-likeness (QED) is 0.859. The van der Waals surface area contributed by atoms with Gasteiger partial charge in [-0.05, 0) is 12.0 Å². The second-order valence-corrected chi connectivity index (χ2v) is 5.68. The van der Waals surface area contributed by atoms with Gasteiger partial charge in [0.2, 0.25) is 11.8 Å². The SMILES string of the molecule is O=C1CC2(CCN(C(=O)Cc3ccccc3)C2)CN1. The smallest absolute Gasteiger partial charge is 0.227 e. The summed E-state index contributed by atoms with van der Waals surface area (Å²) in [5.41, 5.74) is 1.05. The minimum absolute atomic E-state index is 0.00340. The van der Waals surface area contributed by atoms with Gasteiger partial charge in [-0.3, -0.25) is 9.59 Å². The zero-order valence-corrected chi connectivity index (χ0v) is 10.9. The fourth-order valence-corrected chi connectivity index (χ4v) is 3.07. The van der Waals surface area contributed by atoms with Gasteiger partial charge in [-0.25, -0.2) is 0 Å². The molecule has 0 aliphatic carbocycles. The van der Waals surface area contributed by atoms with Crippen LogP contribution >= 0.6 is 0 Å². The summed E-state index contributed by atoms with van der Waals surface area (Å²) >= 11 is 0. The van der Waals surface area contributed by atoms with Crippen molar-refractivity contribution in [1.82, 2.24) is 10.2 Å². The van der Waals surface area contributed by atoms with Gasteiger partial charge in [0.05, 0.1) is 6.42 Å². The number of likely N-dealkylation sites (tertiary alicyclic amines) is 1. The van der Waals surface area contributed by atoms with E-state index >= 15 is 0 Å². The molecule has 2 fully saturated rings. The molecule has 4 heteroatoms. The number of hydrogen-bond acceptors (Lipinski definition) is 2. The number of rotatable bonds is 2. The third-order valence-electron chi connectivity index (χ3n) is 4.19. The first-order chi connectivity index (χ1) is 9.17. The Balaban J connectivity index is 1.62. The molecule has 1 aromatic carbocycles. The molecule has 4 nitrogen and oxygen atoms in total. The van der Waals surface area contributed by atoms with E-state index in [4.69, 9.17) is 0 Å². The highest BCUT2D eigenvalue weighted by molar-refractivity contribution is 5.81. The van der Waals surface area contributed by atoms with Crippen LogP contribution in [0.15, 0.2) is 30.3 Å². The average Bonchev–Trinajstić information content (AvgIpc) is 2.98. The van der Waals surface area contributed by atoms with E-state index in [1.807, 2.05) is 35.2 Å². The summed E-state index contributed by atoms with van der Waals surface area (Å²) < 4.78 is 0. The van der Waals surface area contributed by atoms with Crippen LogP contribution in [0.5, 0.6) is 0 Å². The normalized spacial score (nSPS) is 25.9. The molecule has 100 valence electrons. The van der Waals surface area contributed by atoms with E-state index in [0.717, 1.165) is 31.6 Å². The highest BCUT2D eigenvalue weighted by atomic mass is 16.2. The third kappa shape index (κ3) is 2.48. The lowest BCUT2D eigenvalue weighted by molar-refractivity contribution is -0.130. The summed E-state index contributed by atoms with van der Waals surface area (Å²) in [5.74, 6) is 0.291. The number of carbonyl (C=O) groups is 2. The minimum atomic E-state index is 0.00340. The Kier molecular flexibility index (Phi) is 3.01. The Morgan fingerprint density at radius 2 is 2.11 bits per heavy atom. The number of nitrogens with zero attached hydrogens (tertiary/aromatic N) is 1. The van der Waals surface area contributed by atoms with E-state index in [1.54, 1.807) is 0 Å². The lowest BCUT2D eigenvalue weighted by atomic mass is 9.86. The minimum Gasteiger partial charge on any atom is -0.355 e. The molecular weight excluding hydrogens is 240 g/mol. The maximum Gasteiger partial charge on any atom is 0.227 e. The summed E-state index contributed by atoms with van der Waals surface area (Å²) in [4.78, 5) is 25.5. The van der Waals surface area contributed by atoms with Crippen molar-refractivity contribution >= 4 is 11.8 Å². The molecule has 0 bridgehead atoms. The molecule has 2 amide bonds. The topological polar surface area (TPSA) is 49.4 Å².